The lowest BCUT2D eigenvalue weighted by Crippen LogP contribution is -2.38. The number of carbonyl (C=O) groups is 2. The van der Waals surface area contributed by atoms with Gasteiger partial charge in [0, 0.05) is 23.4 Å². The van der Waals surface area contributed by atoms with Crippen LogP contribution in [0.3, 0.4) is 0 Å². The van der Waals surface area contributed by atoms with Crippen molar-refractivity contribution in [2.75, 3.05) is 16.8 Å². The van der Waals surface area contributed by atoms with Gasteiger partial charge < -0.3 is 5.11 Å². The summed E-state index contributed by atoms with van der Waals surface area (Å²) in [5.74, 6) is -1.50. The van der Waals surface area contributed by atoms with Crippen molar-refractivity contribution in [1.82, 2.24) is 9.97 Å². The van der Waals surface area contributed by atoms with Crippen LogP contribution in [0, 0.1) is 5.82 Å². The number of urea groups is 1. The first-order chi connectivity index (χ1) is 19.4. The summed E-state index contributed by atoms with van der Waals surface area (Å²) < 4.78 is 14.2. The zero-order valence-electron chi connectivity index (χ0n) is 21.2. The van der Waals surface area contributed by atoms with E-state index in [0.29, 0.717) is 28.5 Å². The van der Waals surface area contributed by atoms with Crippen molar-refractivity contribution >= 4 is 56.5 Å². The van der Waals surface area contributed by atoms with Gasteiger partial charge in [0.25, 0.3) is 0 Å². The van der Waals surface area contributed by atoms with E-state index in [1.54, 1.807) is 41.3 Å². The maximum Gasteiger partial charge on any atom is 0.355 e. The fourth-order valence-electron chi connectivity index (χ4n) is 4.73. The number of aromatic nitrogens is 2. The Kier molecular flexibility index (Phi) is 6.79. The third-order valence-corrected chi connectivity index (χ3v) is 7.66. The summed E-state index contributed by atoms with van der Waals surface area (Å²) in [5, 5.41) is 13.3. The van der Waals surface area contributed by atoms with Gasteiger partial charge in [0.1, 0.15) is 5.82 Å². The van der Waals surface area contributed by atoms with Crippen LogP contribution in [0.25, 0.3) is 33.6 Å². The number of thiazole rings is 1. The summed E-state index contributed by atoms with van der Waals surface area (Å²) in [5.41, 5.74) is 4.88. The normalized spacial score (nSPS) is 13.0. The fraction of sp³-hybridized carbons (Fsp3) is 0.0968. The van der Waals surface area contributed by atoms with Crippen molar-refractivity contribution in [3.05, 3.63) is 107 Å². The van der Waals surface area contributed by atoms with E-state index in [0.717, 1.165) is 39.9 Å². The fourth-order valence-corrected chi connectivity index (χ4v) is 5.58. The molecule has 1 aliphatic rings. The van der Waals surface area contributed by atoms with Gasteiger partial charge in [0.05, 0.1) is 15.9 Å². The molecule has 0 saturated heterocycles. The van der Waals surface area contributed by atoms with Gasteiger partial charge in [-0.25, -0.2) is 23.9 Å². The number of aryl methyl sites for hydroxylation is 1. The van der Waals surface area contributed by atoms with Crippen molar-refractivity contribution in [3.63, 3.8) is 0 Å². The number of halogens is 1. The van der Waals surface area contributed by atoms with Gasteiger partial charge in [-0.1, -0.05) is 66.0 Å². The van der Waals surface area contributed by atoms with E-state index in [-0.39, 0.29) is 17.5 Å². The Labute approximate surface area is 233 Å². The van der Waals surface area contributed by atoms with E-state index in [9.17, 15) is 19.1 Å². The Morgan fingerprint density at radius 2 is 1.80 bits per heavy atom. The largest absolute Gasteiger partial charge is 0.476 e. The van der Waals surface area contributed by atoms with Gasteiger partial charge in [-0.3, -0.25) is 10.2 Å². The van der Waals surface area contributed by atoms with Crippen molar-refractivity contribution in [3.8, 4) is 11.3 Å². The molecule has 198 valence electrons. The average molecular weight is 551 g/mol. The first kappa shape index (κ1) is 25.4. The lowest BCUT2D eigenvalue weighted by Gasteiger charge is -2.29. The van der Waals surface area contributed by atoms with E-state index in [4.69, 9.17) is 0 Å². The molecular weight excluding hydrogens is 527 g/mol. The number of carbonyl (C=O) groups excluding carboxylic acids is 1. The summed E-state index contributed by atoms with van der Waals surface area (Å²) in [4.78, 5) is 36.0. The number of anilines is 2. The Hall–Kier alpha value is -4.89. The number of carboxylic acids is 1. The molecule has 9 heteroatoms. The van der Waals surface area contributed by atoms with E-state index >= 15 is 0 Å². The summed E-state index contributed by atoms with van der Waals surface area (Å²) in [6.45, 7) is 0.550. The van der Waals surface area contributed by atoms with Gasteiger partial charge in [0.15, 0.2) is 10.8 Å². The molecular formula is C31H23FN4O3S. The third kappa shape index (κ3) is 5.19. The second-order valence-corrected chi connectivity index (χ2v) is 10.4. The number of nitrogens with one attached hydrogen (secondary N) is 1. The molecule has 0 aliphatic carbocycles. The monoisotopic (exact) mass is 550 g/mol. The number of hydrogen-bond donors (Lipinski definition) is 2. The minimum Gasteiger partial charge on any atom is -0.476 e. The van der Waals surface area contributed by atoms with Gasteiger partial charge in [0.2, 0.25) is 0 Å². The molecule has 6 rings (SSSR count). The third-order valence-electron chi connectivity index (χ3n) is 6.71. The molecule has 3 heterocycles. The maximum atomic E-state index is 13.3. The summed E-state index contributed by atoms with van der Waals surface area (Å²) in [6, 6.07) is 22.6. The lowest BCUT2D eigenvalue weighted by atomic mass is 9.98. The highest BCUT2D eigenvalue weighted by atomic mass is 32.1. The molecule has 0 bridgehead atoms. The highest BCUT2D eigenvalue weighted by Crippen LogP contribution is 2.33. The van der Waals surface area contributed by atoms with Crippen LogP contribution in [-0.2, 0) is 6.42 Å². The molecule has 0 fully saturated rings. The number of aromatic carboxylic acids is 1. The van der Waals surface area contributed by atoms with Crippen LogP contribution in [0.4, 0.5) is 20.0 Å². The van der Waals surface area contributed by atoms with Gasteiger partial charge in [-0.05, 0) is 60.4 Å². The number of pyridine rings is 1. The number of carboxylic acid groups (broad SMARTS) is 1. The molecule has 1 aliphatic heterocycles. The molecule has 3 aromatic carbocycles. The predicted octanol–water partition coefficient (Wildman–Crippen LogP) is 7.35. The summed E-state index contributed by atoms with van der Waals surface area (Å²) in [7, 11) is 0. The van der Waals surface area contributed by atoms with Crippen LogP contribution in [-0.4, -0.2) is 33.6 Å². The molecule has 5 aromatic rings. The minimum atomic E-state index is -1.16. The predicted molar refractivity (Wildman–Crippen MR) is 156 cm³/mol. The maximum absolute atomic E-state index is 13.3. The Morgan fingerprint density at radius 1 is 0.975 bits per heavy atom. The van der Waals surface area contributed by atoms with Crippen LogP contribution in [0.5, 0.6) is 0 Å². The van der Waals surface area contributed by atoms with Crippen molar-refractivity contribution in [1.29, 1.82) is 0 Å². The van der Waals surface area contributed by atoms with Crippen LogP contribution in [0.2, 0.25) is 0 Å². The van der Waals surface area contributed by atoms with Gasteiger partial charge in [-0.15, -0.1) is 0 Å². The van der Waals surface area contributed by atoms with E-state index in [1.807, 2.05) is 42.5 Å². The molecule has 0 unspecified atom stereocenters. The second-order valence-electron chi connectivity index (χ2n) is 9.34. The number of fused-ring (bicyclic) bond motifs is 2. The Bertz CT molecular complexity index is 1750. The van der Waals surface area contributed by atoms with Crippen LogP contribution in [0.15, 0.2) is 78.9 Å². The van der Waals surface area contributed by atoms with Gasteiger partial charge >= 0.3 is 12.0 Å². The zero-order valence-corrected chi connectivity index (χ0v) is 22.0. The standard InChI is InChI=1S/C31H23FN4O3S/c32-23-14-8-19(9-15-23)7-10-21-13-16-24(33-28(21)29(37)38)22-12-11-20-4-3-17-36(26(20)18-22)31(39)35-30-34-25-5-1-2-6-27(25)40-30/h1-2,5-16,18H,3-4,17H2,(H,37,38)(H,34,35,39)/b10-7+. The van der Waals surface area contributed by atoms with Gasteiger partial charge in [-0.2, -0.15) is 0 Å². The number of amides is 2. The van der Waals surface area contributed by atoms with Crippen LogP contribution in [0.1, 0.15) is 33.6 Å². The summed E-state index contributed by atoms with van der Waals surface area (Å²) >= 11 is 1.42. The minimum absolute atomic E-state index is 0.0981. The molecule has 0 atom stereocenters. The number of para-hydroxylation sites is 1. The van der Waals surface area contributed by atoms with E-state index < -0.39 is 5.97 Å². The topological polar surface area (TPSA) is 95.4 Å². The average Bonchev–Trinajstić information content (AvgIpc) is 3.38. The molecule has 2 aromatic heterocycles. The van der Waals surface area contributed by atoms with Crippen molar-refractivity contribution in [2.24, 2.45) is 0 Å². The van der Waals surface area contributed by atoms with E-state index in [1.165, 1.54) is 23.5 Å². The Balaban J connectivity index is 1.28. The molecule has 0 spiro atoms. The van der Waals surface area contributed by atoms with Crippen LogP contribution >= 0.6 is 11.3 Å². The number of nitrogens with zero attached hydrogens (tertiary/aromatic N) is 3. The molecule has 40 heavy (non-hydrogen) atoms. The molecule has 2 amide bonds. The lowest BCUT2D eigenvalue weighted by molar-refractivity contribution is 0.0690. The molecule has 0 radical (unpaired) electrons. The summed E-state index contributed by atoms with van der Waals surface area (Å²) in [6.07, 6.45) is 5.02. The van der Waals surface area contributed by atoms with Crippen molar-refractivity contribution in [2.45, 2.75) is 12.8 Å². The smallest absolute Gasteiger partial charge is 0.355 e. The first-order valence-electron chi connectivity index (χ1n) is 12.7. The molecule has 2 N–H and O–H groups in total. The van der Waals surface area contributed by atoms with Crippen molar-refractivity contribution < 1.29 is 19.1 Å². The zero-order chi connectivity index (χ0) is 27.6. The van der Waals surface area contributed by atoms with Crippen LogP contribution < -0.4 is 10.2 Å². The number of rotatable bonds is 5. The number of hydrogen-bond acceptors (Lipinski definition) is 5. The molecule has 0 saturated carbocycles. The quantitative estimate of drug-likeness (QED) is 0.239. The van der Waals surface area contributed by atoms with E-state index in [2.05, 4.69) is 15.3 Å². The second kappa shape index (κ2) is 10.7. The number of benzene rings is 3. The molecule has 7 nitrogen and oxygen atoms in total. The SMILES string of the molecule is O=C(O)c1nc(-c2ccc3c(c2)N(C(=O)Nc2nc4ccccc4s2)CCC3)ccc1/C=C/c1ccc(F)cc1. The Morgan fingerprint density at radius 3 is 2.60 bits per heavy atom. The highest BCUT2D eigenvalue weighted by molar-refractivity contribution is 7.22. The highest BCUT2D eigenvalue weighted by Gasteiger charge is 2.24. The first-order valence-corrected chi connectivity index (χ1v) is 13.5.